The smallest absolute Gasteiger partial charge is 0.317 e. The van der Waals surface area contributed by atoms with Crippen molar-refractivity contribution in [3.8, 4) is 0 Å². The molecule has 1 aliphatic heterocycles. The zero-order valence-corrected chi connectivity index (χ0v) is 18.0. The van der Waals surface area contributed by atoms with Gasteiger partial charge in [0.05, 0.1) is 17.3 Å². The first-order valence-electron chi connectivity index (χ1n) is 9.74. The normalized spacial score (nSPS) is 21.1. The maximum absolute atomic E-state index is 12.7. The third kappa shape index (κ3) is 5.08. The predicted molar refractivity (Wildman–Crippen MR) is 109 cm³/mol. The SMILES string of the molecule is CCN(C(=O)[C@@H](C)OC(=O)CSc1ccc2c(c1)CCC2)[C@@H]1CCS(=O)(=O)C1. The van der Waals surface area contributed by atoms with Crippen LogP contribution in [0, 0.1) is 0 Å². The Balaban J connectivity index is 1.50. The third-order valence-corrected chi connectivity index (χ3v) is 8.07. The van der Waals surface area contributed by atoms with Gasteiger partial charge in [-0.1, -0.05) is 6.07 Å². The number of nitrogens with zero attached hydrogens (tertiary/aromatic N) is 1. The Bertz CT molecular complexity index is 852. The monoisotopic (exact) mass is 425 g/mol. The number of carbonyl (C=O) groups excluding carboxylic acids is 2. The summed E-state index contributed by atoms with van der Waals surface area (Å²) in [5, 5.41) is 0. The minimum atomic E-state index is -3.08. The summed E-state index contributed by atoms with van der Waals surface area (Å²) in [5.74, 6) is -0.545. The topological polar surface area (TPSA) is 80.8 Å². The molecule has 0 radical (unpaired) electrons. The van der Waals surface area contributed by atoms with Gasteiger partial charge in [-0.25, -0.2) is 8.42 Å². The highest BCUT2D eigenvalue weighted by molar-refractivity contribution is 8.00. The second-order valence-electron chi connectivity index (χ2n) is 7.39. The van der Waals surface area contributed by atoms with E-state index in [1.54, 1.807) is 13.8 Å². The molecule has 2 atom stereocenters. The highest BCUT2D eigenvalue weighted by Crippen LogP contribution is 2.27. The lowest BCUT2D eigenvalue weighted by Crippen LogP contribution is -2.46. The molecule has 0 bridgehead atoms. The molecule has 0 spiro atoms. The van der Waals surface area contributed by atoms with Crippen LogP contribution >= 0.6 is 11.8 Å². The summed E-state index contributed by atoms with van der Waals surface area (Å²) in [5.41, 5.74) is 2.74. The fourth-order valence-electron chi connectivity index (χ4n) is 3.91. The number of fused-ring (bicyclic) bond motifs is 1. The molecule has 1 aliphatic carbocycles. The summed E-state index contributed by atoms with van der Waals surface area (Å²) in [4.78, 5) is 27.4. The molecule has 154 valence electrons. The van der Waals surface area contributed by atoms with Crippen LogP contribution in [0.15, 0.2) is 23.1 Å². The first-order valence-corrected chi connectivity index (χ1v) is 12.5. The molecule has 0 saturated carbocycles. The van der Waals surface area contributed by atoms with E-state index in [-0.39, 0.29) is 29.2 Å². The highest BCUT2D eigenvalue weighted by atomic mass is 32.2. The molecule has 1 fully saturated rings. The Kier molecular flexibility index (Phi) is 6.70. The van der Waals surface area contributed by atoms with Gasteiger partial charge in [-0.15, -0.1) is 11.8 Å². The lowest BCUT2D eigenvalue weighted by molar-refractivity contribution is -0.157. The van der Waals surface area contributed by atoms with Crippen molar-refractivity contribution in [3.63, 3.8) is 0 Å². The second-order valence-corrected chi connectivity index (χ2v) is 10.7. The molecule has 6 nitrogen and oxygen atoms in total. The lowest BCUT2D eigenvalue weighted by atomic mass is 10.1. The Morgan fingerprint density at radius 1 is 1.29 bits per heavy atom. The van der Waals surface area contributed by atoms with Gasteiger partial charge in [0, 0.05) is 17.5 Å². The molecular weight excluding hydrogens is 398 g/mol. The number of aryl methyl sites for hydroxylation is 2. The van der Waals surface area contributed by atoms with Crippen LogP contribution < -0.4 is 0 Å². The molecule has 28 heavy (non-hydrogen) atoms. The van der Waals surface area contributed by atoms with Crippen molar-refractivity contribution in [1.82, 2.24) is 4.90 Å². The van der Waals surface area contributed by atoms with Gasteiger partial charge in [0.25, 0.3) is 5.91 Å². The van der Waals surface area contributed by atoms with Crippen molar-refractivity contribution in [2.45, 2.75) is 56.6 Å². The highest BCUT2D eigenvalue weighted by Gasteiger charge is 2.36. The minimum Gasteiger partial charge on any atom is -0.452 e. The lowest BCUT2D eigenvalue weighted by Gasteiger charge is -2.29. The van der Waals surface area contributed by atoms with Crippen LogP contribution in [0.5, 0.6) is 0 Å². The van der Waals surface area contributed by atoms with Gasteiger partial charge in [0.1, 0.15) is 0 Å². The second kappa shape index (κ2) is 8.86. The molecule has 0 aromatic heterocycles. The largest absolute Gasteiger partial charge is 0.452 e. The number of esters is 1. The van der Waals surface area contributed by atoms with Crippen molar-refractivity contribution in [1.29, 1.82) is 0 Å². The van der Waals surface area contributed by atoms with Crippen molar-refractivity contribution < 1.29 is 22.7 Å². The standard InChI is InChI=1S/C20H27NO5S2/c1-3-21(17-9-10-28(24,25)13-17)20(23)14(2)26-19(22)12-27-18-8-7-15-5-4-6-16(15)11-18/h7-8,11,14,17H,3-6,9-10,12-13H2,1-2H3/t14-,17-/m1/s1. The number of hydrogen-bond acceptors (Lipinski definition) is 6. The number of likely N-dealkylation sites (N-methyl/N-ethyl adjacent to an activating group) is 1. The van der Waals surface area contributed by atoms with E-state index in [0.717, 1.165) is 17.7 Å². The van der Waals surface area contributed by atoms with Gasteiger partial charge in [0.2, 0.25) is 0 Å². The molecule has 8 heteroatoms. The van der Waals surface area contributed by atoms with Crippen LogP contribution in [0.2, 0.25) is 0 Å². The van der Waals surface area contributed by atoms with E-state index in [9.17, 15) is 18.0 Å². The molecular formula is C20H27NO5S2. The van der Waals surface area contributed by atoms with Crippen LogP contribution in [-0.4, -0.2) is 61.1 Å². The van der Waals surface area contributed by atoms with E-state index in [4.69, 9.17) is 4.74 Å². The summed E-state index contributed by atoms with van der Waals surface area (Å²) in [6, 6.07) is 5.95. The number of ether oxygens (including phenoxy) is 1. The molecule has 0 unspecified atom stereocenters. The minimum absolute atomic E-state index is 0.0125. The van der Waals surface area contributed by atoms with E-state index in [0.29, 0.717) is 13.0 Å². The first-order chi connectivity index (χ1) is 13.3. The summed E-state index contributed by atoms with van der Waals surface area (Å²) in [6.07, 6.45) is 2.91. The van der Waals surface area contributed by atoms with E-state index in [1.165, 1.54) is 34.2 Å². The number of benzene rings is 1. The molecule has 2 aliphatic rings. The van der Waals surface area contributed by atoms with Crippen LogP contribution in [0.1, 0.15) is 37.8 Å². The molecule has 0 N–H and O–H groups in total. The van der Waals surface area contributed by atoms with Gasteiger partial charge >= 0.3 is 5.97 Å². The molecule has 1 aromatic rings. The van der Waals surface area contributed by atoms with Crippen LogP contribution in [0.4, 0.5) is 0 Å². The van der Waals surface area contributed by atoms with E-state index in [2.05, 4.69) is 12.1 Å². The van der Waals surface area contributed by atoms with Crippen molar-refractivity contribution >= 4 is 33.5 Å². The quantitative estimate of drug-likeness (QED) is 0.492. The van der Waals surface area contributed by atoms with Crippen molar-refractivity contribution in [2.75, 3.05) is 23.8 Å². The third-order valence-electron chi connectivity index (χ3n) is 5.36. The average molecular weight is 426 g/mol. The summed E-state index contributed by atoms with van der Waals surface area (Å²) in [7, 11) is -3.08. The molecule has 1 aromatic carbocycles. The zero-order valence-electron chi connectivity index (χ0n) is 16.3. The van der Waals surface area contributed by atoms with E-state index >= 15 is 0 Å². The van der Waals surface area contributed by atoms with Crippen LogP contribution in [0.25, 0.3) is 0 Å². The van der Waals surface area contributed by atoms with E-state index in [1.807, 2.05) is 6.07 Å². The predicted octanol–water partition coefficient (Wildman–Crippen LogP) is 2.23. The Hall–Kier alpha value is -1.54. The van der Waals surface area contributed by atoms with Gasteiger partial charge in [-0.2, -0.15) is 0 Å². The van der Waals surface area contributed by atoms with Crippen molar-refractivity contribution in [3.05, 3.63) is 29.3 Å². The number of amides is 1. The summed E-state index contributed by atoms with van der Waals surface area (Å²) < 4.78 is 28.7. The Labute approximate surface area is 170 Å². The van der Waals surface area contributed by atoms with Crippen LogP contribution in [-0.2, 0) is 37.0 Å². The molecule has 1 amide bonds. The van der Waals surface area contributed by atoms with E-state index < -0.39 is 21.9 Å². The summed E-state index contributed by atoms with van der Waals surface area (Å²) in [6.45, 7) is 3.75. The van der Waals surface area contributed by atoms with Crippen LogP contribution in [0.3, 0.4) is 0 Å². The molecule has 3 rings (SSSR count). The number of rotatable bonds is 7. The fourth-order valence-corrected chi connectivity index (χ4v) is 6.38. The number of hydrogen-bond donors (Lipinski definition) is 0. The molecule has 1 heterocycles. The van der Waals surface area contributed by atoms with Crippen molar-refractivity contribution in [2.24, 2.45) is 0 Å². The fraction of sp³-hybridized carbons (Fsp3) is 0.600. The molecule has 1 saturated heterocycles. The average Bonchev–Trinajstić information content (AvgIpc) is 3.26. The zero-order chi connectivity index (χ0) is 20.3. The summed E-state index contributed by atoms with van der Waals surface area (Å²) >= 11 is 1.41. The number of thioether (sulfide) groups is 1. The number of sulfone groups is 1. The number of carbonyl (C=O) groups is 2. The Morgan fingerprint density at radius 2 is 2.04 bits per heavy atom. The van der Waals surface area contributed by atoms with Gasteiger partial charge in [-0.3, -0.25) is 9.59 Å². The van der Waals surface area contributed by atoms with Gasteiger partial charge in [0.15, 0.2) is 15.9 Å². The van der Waals surface area contributed by atoms with Gasteiger partial charge in [-0.05, 0) is 62.8 Å². The maximum Gasteiger partial charge on any atom is 0.317 e. The van der Waals surface area contributed by atoms with Gasteiger partial charge < -0.3 is 9.64 Å². The Morgan fingerprint density at radius 3 is 2.71 bits per heavy atom. The first kappa shape index (κ1) is 21.2. The maximum atomic E-state index is 12.7.